The SMILES string of the molecule is C=C.O=C1c2c(CCc3oc(=O)oc3-c3ccccc3)c(=O)ccn2NC2COCCN12. The number of ether oxygens (including phenoxy) is 1. The summed E-state index contributed by atoms with van der Waals surface area (Å²) in [6.45, 7) is 7.29. The Kier molecular flexibility index (Phi) is 6.09. The van der Waals surface area contributed by atoms with Gasteiger partial charge in [0.05, 0.1) is 13.2 Å². The van der Waals surface area contributed by atoms with Gasteiger partial charge in [-0.25, -0.2) is 4.79 Å². The Morgan fingerprint density at radius 1 is 1.03 bits per heavy atom. The molecule has 1 atom stereocenters. The number of nitrogens with zero attached hydrogens (tertiary/aromatic N) is 2. The minimum Gasteiger partial charge on any atom is -0.395 e. The molecule has 0 aliphatic carbocycles. The molecule has 1 fully saturated rings. The topological polar surface area (TPSA) is 107 Å². The van der Waals surface area contributed by atoms with Crippen molar-refractivity contribution in [2.24, 2.45) is 0 Å². The highest BCUT2D eigenvalue weighted by atomic mass is 16.6. The van der Waals surface area contributed by atoms with Crippen molar-refractivity contribution in [3.8, 4) is 11.3 Å². The predicted molar refractivity (Wildman–Crippen MR) is 117 cm³/mol. The number of rotatable bonds is 4. The minimum atomic E-state index is -0.801. The average Bonchev–Trinajstić information content (AvgIpc) is 3.21. The van der Waals surface area contributed by atoms with Crippen LogP contribution in [-0.2, 0) is 17.6 Å². The summed E-state index contributed by atoms with van der Waals surface area (Å²) in [7, 11) is 0. The zero-order valence-electron chi connectivity index (χ0n) is 17.4. The zero-order valence-corrected chi connectivity index (χ0v) is 17.4. The smallest absolute Gasteiger partial charge is 0.395 e. The van der Waals surface area contributed by atoms with E-state index < -0.39 is 5.82 Å². The summed E-state index contributed by atoms with van der Waals surface area (Å²) >= 11 is 0. The number of benzene rings is 1. The molecular formula is C23H23N3O6. The molecular weight excluding hydrogens is 414 g/mol. The molecule has 1 saturated heterocycles. The molecule has 2 aliphatic rings. The van der Waals surface area contributed by atoms with Crippen molar-refractivity contribution in [1.29, 1.82) is 0 Å². The van der Waals surface area contributed by atoms with Gasteiger partial charge in [0.25, 0.3) is 5.91 Å². The normalized spacial score (nSPS) is 16.9. The van der Waals surface area contributed by atoms with Gasteiger partial charge >= 0.3 is 5.82 Å². The number of hydrogen-bond acceptors (Lipinski definition) is 7. The van der Waals surface area contributed by atoms with Gasteiger partial charge in [0.2, 0.25) is 0 Å². The molecule has 1 aromatic carbocycles. The second kappa shape index (κ2) is 9.11. The molecule has 9 nitrogen and oxygen atoms in total. The van der Waals surface area contributed by atoms with E-state index in [1.54, 1.807) is 15.8 Å². The monoisotopic (exact) mass is 437 g/mol. The lowest BCUT2D eigenvalue weighted by Crippen LogP contribution is -2.59. The largest absolute Gasteiger partial charge is 0.519 e. The third-order valence-corrected chi connectivity index (χ3v) is 5.36. The van der Waals surface area contributed by atoms with Crippen LogP contribution in [-0.4, -0.2) is 41.4 Å². The summed E-state index contributed by atoms with van der Waals surface area (Å²) in [6.07, 6.45) is 1.74. The number of hydrogen-bond donors (Lipinski definition) is 1. The number of pyridine rings is 1. The van der Waals surface area contributed by atoms with Gasteiger partial charge in [0, 0.05) is 36.4 Å². The van der Waals surface area contributed by atoms with Crippen molar-refractivity contribution in [3.05, 3.63) is 93.6 Å². The molecule has 1 amide bonds. The number of carbonyl (C=O) groups excluding carboxylic acids is 1. The average molecular weight is 437 g/mol. The highest BCUT2D eigenvalue weighted by Gasteiger charge is 2.36. The molecule has 0 spiro atoms. The van der Waals surface area contributed by atoms with Gasteiger partial charge in [-0.05, 0) is 6.42 Å². The number of morpholine rings is 1. The molecule has 2 aliphatic heterocycles. The second-order valence-electron chi connectivity index (χ2n) is 7.17. The number of amides is 1. The Morgan fingerprint density at radius 2 is 1.81 bits per heavy atom. The van der Waals surface area contributed by atoms with Gasteiger partial charge in [-0.3, -0.25) is 14.3 Å². The summed E-state index contributed by atoms with van der Waals surface area (Å²) in [5.74, 6) is -0.340. The summed E-state index contributed by atoms with van der Waals surface area (Å²) in [4.78, 5) is 39.1. The maximum absolute atomic E-state index is 13.1. The molecule has 1 N–H and O–H groups in total. The fourth-order valence-corrected chi connectivity index (χ4v) is 3.93. The standard InChI is InChI=1S/C21H19N3O6.C2H4/c25-15-8-9-24-18(20(26)23-10-11-28-12-17(23)22-24)14(15)6-7-16-19(30-21(27)29-16)13-4-2-1-3-5-13;1-2/h1-5,8-9,17,22H,6-7,10-12H2;1-2H2. The number of aromatic nitrogens is 1. The Balaban J connectivity index is 0.00000119. The van der Waals surface area contributed by atoms with Crippen LogP contribution in [0.1, 0.15) is 21.8 Å². The first-order valence-electron chi connectivity index (χ1n) is 10.2. The van der Waals surface area contributed by atoms with Crippen LogP contribution in [0.25, 0.3) is 11.3 Å². The number of nitrogens with one attached hydrogen (secondary N) is 1. The van der Waals surface area contributed by atoms with Crippen molar-refractivity contribution >= 4 is 5.91 Å². The van der Waals surface area contributed by atoms with Crippen LogP contribution in [0.3, 0.4) is 0 Å². The third kappa shape index (κ3) is 3.90. The first-order chi connectivity index (χ1) is 15.6. The zero-order chi connectivity index (χ0) is 22.7. The quantitative estimate of drug-likeness (QED) is 0.622. The molecule has 4 heterocycles. The van der Waals surface area contributed by atoms with Crippen molar-refractivity contribution in [3.63, 3.8) is 0 Å². The molecule has 0 bridgehead atoms. The van der Waals surface area contributed by atoms with Crippen LogP contribution < -0.4 is 16.7 Å². The molecule has 2 aromatic heterocycles. The molecule has 32 heavy (non-hydrogen) atoms. The van der Waals surface area contributed by atoms with Gasteiger partial charge in [-0.1, -0.05) is 30.3 Å². The fourth-order valence-electron chi connectivity index (χ4n) is 3.93. The molecule has 3 aromatic rings. The van der Waals surface area contributed by atoms with Crippen molar-refractivity contribution in [1.82, 2.24) is 9.58 Å². The van der Waals surface area contributed by atoms with Crippen LogP contribution in [0.2, 0.25) is 0 Å². The Labute approximate surface area is 183 Å². The molecule has 0 saturated carbocycles. The van der Waals surface area contributed by atoms with Crippen LogP contribution in [0.5, 0.6) is 0 Å². The van der Waals surface area contributed by atoms with E-state index in [-0.39, 0.29) is 30.3 Å². The van der Waals surface area contributed by atoms with Crippen molar-refractivity contribution < 1.29 is 18.4 Å². The van der Waals surface area contributed by atoms with E-state index in [1.165, 1.54) is 6.07 Å². The highest BCUT2D eigenvalue weighted by molar-refractivity contribution is 5.95. The Morgan fingerprint density at radius 3 is 2.59 bits per heavy atom. The Bertz CT molecular complexity index is 1230. The summed E-state index contributed by atoms with van der Waals surface area (Å²) in [5, 5.41) is 0. The van der Waals surface area contributed by atoms with Crippen molar-refractivity contribution in [2.75, 3.05) is 25.2 Å². The van der Waals surface area contributed by atoms with E-state index in [0.29, 0.717) is 48.1 Å². The summed E-state index contributed by atoms with van der Waals surface area (Å²) in [5.41, 5.74) is 4.33. The van der Waals surface area contributed by atoms with E-state index in [4.69, 9.17) is 13.6 Å². The van der Waals surface area contributed by atoms with Gasteiger partial charge in [-0.15, -0.1) is 13.2 Å². The van der Waals surface area contributed by atoms with Gasteiger partial charge in [-0.2, -0.15) is 0 Å². The Hall–Kier alpha value is -3.85. The van der Waals surface area contributed by atoms with Gasteiger partial charge in [0.1, 0.15) is 11.9 Å². The first kappa shape index (κ1) is 21.4. The number of aryl methyl sites for hydroxylation is 1. The van der Waals surface area contributed by atoms with Crippen LogP contribution in [0, 0.1) is 0 Å². The predicted octanol–water partition coefficient (Wildman–Crippen LogP) is 2.00. The molecule has 9 heteroatoms. The molecule has 166 valence electrons. The first-order valence-corrected chi connectivity index (χ1v) is 10.2. The van der Waals surface area contributed by atoms with E-state index >= 15 is 0 Å². The minimum absolute atomic E-state index is 0.216. The van der Waals surface area contributed by atoms with Crippen molar-refractivity contribution in [2.45, 2.75) is 19.0 Å². The highest BCUT2D eigenvalue weighted by Crippen LogP contribution is 2.25. The maximum Gasteiger partial charge on any atom is 0.519 e. The number of fused-ring (bicyclic) bond motifs is 2. The van der Waals surface area contributed by atoms with Crippen LogP contribution in [0.15, 0.2) is 74.2 Å². The lowest BCUT2D eigenvalue weighted by Gasteiger charge is -2.41. The van der Waals surface area contributed by atoms with E-state index in [2.05, 4.69) is 18.6 Å². The molecule has 0 radical (unpaired) electrons. The number of carbonyl (C=O) groups is 1. The van der Waals surface area contributed by atoms with E-state index in [9.17, 15) is 14.4 Å². The van der Waals surface area contributed by atoms with Crippen LogP contribution >= 0.6 is 0 Å². The fraction of sp³-hybridized carbons (Fsp3) is 0.261. The summed E-state index contributed by atoms with van der Waals surface area (Å²) in [6, 6.07) is 10.5. The third-order valence-electron chi connectivity index (χ3n) is 5.36. The van der Waals surface area contributed by atoms with Crippen LogP contribution in [0.4, 0.5) is 0 Å². The summed E-state index contributed by atoms with van der Waals surface area (Å²) < 4.78 is 17.5. The maximum atomic E-state index is 13.1. The molecule has 1 unspecified atom stereocenters. The van der Waals surface area contributed by atoms with Gasteiger partial charge in [0.15, 0.2) is 16.9 Å². The van der Waals surface area contributed by atoms with E-state index in [1.807, 2.05) is 30.3 Å². The lowest BCUT2D eigenvalue weighted by molar-refractivity contribution is -0.00296. The lowest BCUT2D eigenvalue weighted by atomic mass is 10.0. The molecule has 5 rings (SSSR count). The van der Waals surface area contributed by atoms with Gasteiger partial charge < -0.3 is 23.9 Å². The second-order valence-corrected chi connectivity index (χ2v) is 7.17. The van der Waals surface area contributed by atoms with E-state index in [0.717, 1.165) is 0 Å².